The van der Waals surface area contributed by atoms with Gasteiger partial charge >= 0.3 is 0 Å². The maximum absolute atomic E-state index is 10.9. The zero-order valence-electron chi connectivity index (χ0n) is 9.42. The van der Waals surface area contributed by atoms with Gasteiger partial charge in [0.2, 0.25) is 5.91 Å². The van der Waals surface area contributed by atoms with E-state index in [0.29, 0.717) is 24.7 Å². The highest BCUT2D eigenvalue weighted by molar-refractivity contribution is 7.80. The molecule has 0 aromatic carbocycles. The maximum Gasteiger partial charge on any atom is 0.221 e. The van der Waals surface area contributed by atoms with Crippen LogP contribution in [0.4, 0.5) is 0 Å². The van der Waals surface area contributed by atoms with Crippen LogP contribution in [0.25, 0.3) is 0 Å². The normalized spacial score (nSPS) is 11.7. The van der Waals surface area contributed by atoms with E-state index in [1.54, 1.807) is 14.2 Å². The van der Waals surface area contributed by atoms with Crippen LogP contribution in [0.1, 0.15) is 13.3 Å². The largest absolute Gasteiger partial charge is 0.383 e. The molecule has 0 radical (unpaired) electrons. The van der Waals surface area contributed by atoms with Crippen molar-refractivity contribution in [3.8, 4) is 0 Å². The van der Waals surface area contributed by atoms with Crippen molar-refractivity contribution in [2.45, 2.75) is 19.4 Å². The fourth-order valence-corrected chi connectivity index (χ4v) is 1.28. The van der Waals surface area contributed by atoms with Crippen molar-refractivity contribution in [2.75, 3.05) is 27.3 Å². The molecule has 0 bridgehead atoms. The Bertz CT molecular complexity index is 212. The fraction of sp³-hybridized carbons (Fsp3) is 0.778. The van der Waals surface area contributed by atoms with E-state index in [2.05, 4.69) is 16.0 Å². The molecular formula is C9H19N3O2S. The average molecular weight is 233 g/mol. The number of carbonyl (C=O) groups is 1. The van der Waals surface area contributed by atoms with Crippen LogP contribution in [0.3, 0.4) is 0 Å². The number of hydrogen-bond acceptors (Lipinski definition) is 3. The van der Waals surface area contributed by atoms with Gasteiger partial charge in [0.1, 0.15) is 0 Å². The highest BCUT2D eigenvalue weighted by Gasteiger charge is 2.03. The summed E-state index contributed by atoms with van der Waals surface area (Å²) in [5.41, 5.74) is 0. The van der Waals surface area contributed by atoms with Crippen molar-refractivity contribution in [1.82, 2.24) is 16.0 Å². The van der Waals surface area contributed by atoms with E-state index in [1.165, 1.54) is 0 Å². The van der Waals surface area contributed by atoms with Gasteiger partial charge in [-0.05, 0) is 19.1 Å². The lowest BCUT2D eigenvalue weighted by Gasteiger charge is -2.15. The summed E-state index contributed by atoms with van der Waals surface area (Å²) in [5, 5.41) is 9.06. The van der Waals surface area contributed by atoms with Gasteiger partial charge in [-0.1, -0.05) is 0 Å². The van der Waals surface area contributed by atoms with Crippen LogP contribution in [-0.4, -0.2) is 44.4 Å². The summed E-state index contributed by atoms with van der Waals surface area (Å²) in [6.45, 7) is 3.10. The molecule has 0 aliphatic heterocycles. The van der Waals surface area contributed by atoms with Gasteiger partial charge in [0.15, 0.2) is 5.11 Å². The van der Waals surface area contributed by atoms with Gasteiger partial charge in [-0.15, -0.1) is 0 Å². The first kappa shape index (κ1) is 14.1. The monoisotopic (exact) mass is 233 g/mol. The number of methoxy groups -OCH3 is 1. The Morgan fingerprint density at radius 1 is 1.53 bits per heavy atom. The van der Waals surface area contributed by atoms with Crippen molar-refractivity contribution in [3.05, 3.63) is 0 Å². The lowest BCUT2D eigenvalue weighted by molar-refractivity contribution is -0.120. The van der Waals surface area contributed by atoms with Gasteiger partial charge in [0, 0.05) is 33.2 Å². The predicted molar refractivity (Wildman–Crippen MR) is 63.8 cm³/mol. The summed E-state index contributed by atoms with van der Waals surface area (Å²) in [4.78, 5) is 10.9. The second-order valence-electron chi connectivity index (χ2n) is 3.18. The molecule has 0 heterocycles. The Kier molecular flexibility index (Phi) is 7.94. The van der Waals surface area contributed by atoms with E-state index in [9.17, 15) is 4.79 Å². The van der Waals surface area contributed by atoms with E-state index in [1.807, 2.05) is 6.92 Å². The van der Waals surface area contributed by atoms with Gasteiger partial charge in [-0.2, -0.15) is 0 Å². The molecule has 1 atom stereocenters. The van der Waals surface area contributed by atoms with Gasteiger partial charge in [-0.3, -0.25) is 4.79 Å². The van der Waals surface area contributed by atoms with E-state index in [4.69, 9.17) is 17.0 Å². The first-order valence-corrected chi connectivity index (χ1v) is 5.24. The Labute approximate surface area is 95.9 Å². The van der Waals surface area contributed by atoms with E-state index in [-0.39, 0.29) is 11.9 Å². The molecule has 3 N–H and O–H groups in total. The Hall–Kier alpha value is -0.880. The zero-order chi connectivity index (χ0) is 11.7. The van der Waals surface area contributed by atoms with Crippen LogP contribution in [0.2, 0.25) is 0 Å². The minimum Gasteiger partial charge on any atom is -0.383 e. The minimum absolute atomic E-state index is 0.00441. The van der Waals surface area contributed by atoms with Crippen molar-refractivity contribution in [3.63, 3.8) is 0 Å². The van der Waals surface area contributed by atoms with Crippen LogP contribution >= 0.6 is 12.2 Å². The Morgan fingerprint density at radius 3 is 2.73 bits per heavy atom. The van der Waals surface area contributed by atoms with Crippen molar-refractivity contribution in [1.29, 1.82) is 0 Å². The molecule has 0 fully saturated rings. The number of hydrogen-bond donors (Lipinski definition) is 3. The topological polar surface area (TPSA) is 62.4 Å². The van der Waals surface area contributed by atoms with E-state index < -0.39 is 0 Å². The smallest absolute Gasteiger partial charge is 0.221 e. The minimum atomic E-state index is -0.00441. The summed E-state index contributed by atoms with van der Waals surface area (Å²) in [5.74, 6) is -0.00441. The van der Waals surface area contributed by atoms with E-state index in [0.717, 1.165) is 0 Å². The van der Waals surface area contributed by atoms with Crippen molar-refractivity contribution < 1.29 is 9.53 Å². The average Bonchev–Trinajstić information content (AvgIpc) is 2.17. The second kappa shape index (κ2) is 8.43. The second-order valence-corrected chi connectivity index (χ2v) is 3.59. The summed E-state index contributed by atoms with van der Waals surface area (Å²) < 4.78 is 4.95. The first-order valence-electron chi connectivity index (χ1n) is 4.84. The number of rotatable bonds is 6. The summed E-state index contributed by atoms with van der Waals surface area (Å²) in [7, 11) is 3.25. The standard InChI is InChI=1S/C9H19N3O2S/c1-7(6-14-3)12-9(15)11-5-4-8(13)10-2/h7H,4-6H2,1-3H3,(H,10,13)(H2,11,12,15). The molecule has 0 aliphatic carbocycles. The molecular weight excluding hydrogens is 214 g/mol. The molecule has 15 heavy (non-hydrogen) atoms. The van der Waals surface area contributed by atoms with Gasteiger partial charge in [-0.25, -0.2) is 0 Å². The van der Waals surface area contributed by atoms with Crippen molar-refractivity contribution in [2.24, 2.45) is 0 Å². The highest BCUT2D eigenvalue weighted by Crippen LogP contribution is 1.83. The summed E-state index contributed by atoms with van der Waals surface area (Å²) in [6, 6.07) is 0.162. The number of ether oxygens (including phenoxy) is 1. The molecule has 5 nitrogen and oxygen atoms in total. The SMILES string of the molecule is CNC(=O)CCNC(=S)NC(C)COC. The van der Waals surface area contributed by atoms with Crippen LogP contribution in [0.15, 0.2) is 0 Å². The molecule has 1 unspecified atom stereocenters. The van der Waals surface area contributed by atoms with Crippen LogP contribution in [-0.2, 0) is 9.53 Å². The number of amides is 1. The Balaban J connectivity index is 3.53. The molecule has 0 aromatic rings. The lowest BCUT2D eigenvalue weighted by Crippen LogP contribution is -2.43. The van der Waals surface area contributed by atoms with Crippen LogP contribution in [0.5, 0.6) is 0 Å². The number of nitrogens with one attached hydrogen (secondary N) is 3. The van der Waals surface area contributed by atoms with E-state index >= 15 is 0 Å². The van der Waals surface area contributed by atoms with Crippen LogP contribution < -0.4 is 16.0 Å². The molecule has 0 aromatic heterocycles. The van der Waals surface area contributed by atoms with Gasteiger partial charge in [0.25, 0.3) is 0 Å². The Morgan fingerprint density at radius 2 is 2.20 bits per heavy atom. The number of carbonyl (C=O) groups excluding carboxylic acids is 1. The molecule has 0 rings (SSSR count). The molecule has 0 saturated heterocycles. The predicted octanol–water partition coefficient (Wildman–Crippen LogP) is -0.378. The third kappa shape index (κ3) is 8.14. The first-order chi connectivity index (χ1) is 7.10. The lowest BCUT2D eigenvalue weighted by atomic mass is 10.4. The molecule has 1 amide bonds. The number of thiocarbonyl (C=S) groups is 1. The zero-order valence-corrected chi connectivity index (χ0v) is 10.2. The quantitative estimate of drug-likeness (QED) is 0.546. The molecule has 0 saturated carbocycles. The van der Waals surface area contributed by atoms with Crippen LogP contribution in [0, 0.1) is 0 Å². The molecule has 0 spiro atoms. The fourth-order valence-electron chi connectivity index (χ4n) is 0.981. The van der Waals surface area contributed by atoms with Gasteiger partial charge in [0.05, 0.1) is 6.61 Å². The molecule has 0 aliphatic rings. The summed E-state index contributed by atoms with van der Waals surface area (Å²) >= 11 is 5.02. The molecule has 6 heteroatoms. The third-order valence-corrected chi connectivity index (χ3v) is 1.97. The van der Waals surface area contributed by atoms with Gasteiger partial charge < -0.3 is 20.7 Å². The third-order valence-electron chi connectivity index (χ3n) is 1.71. The maximum atomic E-state index is 10.9. The van der Waals surface area contributed by atoms with Crippen molar-refractivity contribution >= 4 is 23.2 Å². The summed E-state index contributed by atoms with van der Waals surface area (Å²) in [6.07, 6.45) is 0.414. The molecule has 88 valence electrons. The highest BCUT2D eigenvalue weighted by atomic mass is 32.1.